The van der Waals surface area contributed by atoms with E-state index in [1.54, 1.807) is 30.9 Å². The van der Waals surface area contributed by atoms with Crippen molar-refractivity contribution in [3.05, 3.63) is 78.4 Å². The molecule has 2 unspecified atom stereocenters. The molecule has 6 nitrogen and oxygen atoms in total. The van der Waals surface area contributed by atoms with Gasteiger partial charge in [0.05, 0.1) is 31.9 Å². The molecule has 0 spiro atoms. The number of ether oxygens (including phenoxy) is 2. The summed E-state index contributed by atoms with van der Waals surface area (Å²) in [6.45, 7) is 0. The molecule has 34 heavy (non-hydrogen) atoms. The number of benzene rings is 3. The zero-order valence-electron chi connectivity index (χ0n) is 19.5. The number of carbonyl (C=O) groups excluding carboxylic acids is 2. The predicted octanol–water partition coefficient (Wildman–Crippen LogP) is 5.55. The molecule has 1 aliphatic heterocycles. The molecule has 2 amide bonds. The van der Waals surface area contributed by atoms with Gasteiger partial charge in [-0.25, -0.2) is 0 Å². The molecule has 3 aromatic carbocycles. The van der Waals surface area contributed by atoms with Crippen molar-refractivity contribution < 1.29 is 19.1 Å². The molecular formula is C27H28N2O4S. The molecule has 4 rings (SSSR count). The summed E-state index contributed by atoms with van der Waals surface area (Å²) < 4.78 is 10.9. The van der Waals surface area contributed by atoms with E-state index in [1.807, 2.05) is 79.1 Å². The number of nitrogens with one attached hydrogen (secondary N) is 1. The Morgan fingerprint density at radius 3 is 2.38 bits per heavy atom. The van der Waals surface area contributed by atoms with E-state index < -0.39 is 12.0 Å². The van der Waals surface area contributed by atoms with Crippen LogP contribution in [0.3, 0.4) is 0 Å². The Labute approximate surface area is 204 Å². The Balaban J connectivity index is 1.78. The van der Waals surface area contributed by atoms with Gasteiger partial charge >= 0.3 is 0 Å². The standard InChI is InChI=1S/C27H28N2O4S/c1-32-19-14-12-18(13-15-19)29-25(30)17-16-21(26(29)20-8-4-6-10-23(20)33-2)27(31)28-22-9-5-7-11-24(22)34-3/h4-15,21,26H,16-17H2,1-3H3,(H,28,31). The number of thioether (sulfide) groups is 1. The Kier molecular flexibility index (Phi) is 7.43. The molecule has 0 saturated carbocycles. The van der Waals surface area contributed by atoms with Gasteiger partial charge in [0, 0.05) is 22.6 Å². The molecule has 1 fully saturated rings. The normalized spacial score (nSPS) is 17.9. The van der Waals surface area contributed by atoms with Gasteiger partial charge in [-0.15, -0.1) is 11.8 Å². The van der Waals surface area contributed by atoms with Crippen LogP contribution in [0.25, 0.3) is 0 Å². The van der Waals surface area contributed by atoms with Crippen molar-refractivity contribution in [2.75, 3.05) is 30.7 Å². The third-order valence-electron chi connectivity index (χ3n) is 6.11. The van der Waals surface area contributed by atoms with Crippen LogP contribution in [0.1, 0.15) is 24.4 Å². The summed E-state index contributed by atoms with van der Waals surface area (Å²) in [6.07, 6.45) is 2.70. The minimum Gasteiger partial charge on any atom is -0.497 e. The molecule has 2 atom stereocenters. The summed E-state index contributed by atoms with van der Waals surface area (Å²) in [5.41, 5.74) is 2.28. The first-order valence-corrected chi connectivity index (χ1v) is 12.3. The van der Waals surface area contributed by atoms with Gasteiger partial charge in [0.2, 0.25) is 11.8 Å². The van der Waals surface area contributed by atoms with Crippen LogP contribution >= 0.6 is 11.8 Å². The minimum absolute atomic E-state index is 0.0327. The lowest BCUT2D eigenvalue weighted by atomic mass is 9.82. The Morgan fingerprint density at radius 2 is 1.68 bits per heavy atom. The highest BCUT2D eigenvalue weighted by Crippen LogP contribution is 2.44. The molecule has 0 aliphatic carbocycles. The van der Waals surface area contributed by atoms with Crippen molar-refractivity contribution in [1.82, 2.24) is 0 Å². The third kappa shape index (κ3) is 4.75. The number of nitrogens with zero attached hydrogens (tertiary/aromatic N) is 1. The largest absolute Gasteiger partial charge is 0.497 e. The number of methoxy groups -OCH3 is 2. The van der Waals surface area contributed by atoms with E-state index in [0.29, 0.717) is 23.6 Å². The maximum Gasteiger partial charge on any atom is 0.229 e. The van der Waals surface area contributed by atoms with E-state index >= 15 is 0 Å². The lowest BCUT2D eigenvalue weighted by molar-refractivity contribution is -0.126. The lowest BCUT2D eigenvalue weighted by Crippen LogP contribution is -2.47. The number of hydrogen-bond acceptors (Lipinski definition) is 5. The van der Waals surface area contributed by atoms with Crippen molar-refractivity contribution in [1.29, 1.82) is 0 Å². The monoisotopic (exact) mass is 476 g/mol. The fourth-order valence-electron chi connectivity index (χ4n) is 4.45. The van der Waals surface area contributed by atoms with Crippen LogP contribution in [-0.4, -0.2) is 32.3 Å². The van der Waals surface area contributed by atoms with E-state index in [4.69, 9.17) is 9.47 Å². The molecule has 0 radical (unpaired) electrons. The summed E-state index contributed by atoms with van der Waals surface area (Å²) in [6, 6.07) is 22.1. The minimum atomic E-state index is -0.521. The predicted molar refractivity (Wildman–Crippen MR) is 136 cm³/mol. The fraction of sp³-hybridized carbons (Fsp3) is 0.259. The van der Waals surface area contributed by atoms with Crippen molar-refractivity contribution >= 4 is 35.0 Å². The molecule has 1 heterocycles. The van der Waals surface area contributed by atoms with Crippen LogP contribution in [0.2, 0.25) is 0 Å². The molecule has 0 aromatic heterocycles. The van der Waals surface area contributed by atoms with E-state index in [-0.39, 0.29) is 18.2 Å². The molecule has 1 aliphatic rings. The smallest absolute Gasteiger partial charge is 0.229 e. The first-order valence-electron chi connectivity index (χ1n) is 11.1. The molecule has 0 bridgehead atoms. The average molecular weight is 477 g/mol. The van der Waals surface area contributed by atoms with E-state index in [1.165, 1.54) is 0 Å². The zero-order valence-corrected chi connectivity index (χ0v) is 20.3. The maximum absolute atomic E-state index is 13.7. The summed E-state index contributed by atoms with van der Waals surface area (Å²) in [4.78, 5) is 29.7. The molecule has 176 valence electrons. The number of carbonyl (C=O) groups is 2. The van der Waals surface area contributed by atoms with Gasteiger partial charge in [-0.3, -0.25) is 9.59 Å². The van der Waals surface area contributed by atoms with Gasteiger partial charge in [0.15, 0.2) is 0 Å². The first-order chi connectivity index (χ1) is 16.6. The summed E-state index contributed by atoms with van der Waals surface area (Å²) in [5, 5.41) is 3.11. The lowest BCUT2D eigenvalue weighted by Gasteiger charge is -2.41. The molecule has 1 N–H and O–H groups in total. The summed E-state index contributed by atoms with van der Waals surface area (Å²) >= 11 is 1.58. The molecule has 3 aromatic rings. The number of amides is 2. The topological polar surface area (TPSA) is 67.9 Å². The van der Waals surface area contributed by atoms with Gasteiger partial charge in [0.25, 0.3) is 0 Å². The van der Waals surface area contributed by atoms with Crippen molar-refractivity contribution in [3.8, 4) is 11.5 Å². The highest BCUT2D eigenvalue weighted by molar-refractivity contribution is 7.98. The Bertz CT molecular complexity index is 1170. The summed E-state index contributed by atoms with van der Waals surface area (Å²) in [5.74, 6) is 0.720. The molecule has 7 heteroatoms. The Morgan fingerprint density at radius 1 is 0.971 bits per heavy atom. The summed E-state index contributed by atoms with van der Waals surface area (Å²) in [7, 11) is 3.20. The van der Waals surface area contributed by atoms with Crippen LogP contribution in [0.15, 0.2) is 77.7 Å². The van der Waals surface area contributed by atoms with Gasteiger partial charge in [0.1, 0.15) is 11.5 Å². The first kappa shape index (κ1) is 23.7. The van der Waals surface area contributed by atoms with Gasteiger partial charge < -0.3 is 19.7 Å². The molecular weight excluding hydrogens is 448 g/mol. The van der Waals surface area contributed by atoms with Crippen LogP contribution in [-0.2, 0) is 9.59 Å². The number of hydrogen-bond donors (Lipinski definition) is 1. The fourth-order valence-corrected chi connectivity index (χ4v) is 5.01. The Hall–Kier alpha value is -3.45. The SMILES string of the molecule is COc1ccc(N2C(=O)CCC(C(=O)Nc3ccccc3SC)C2c2ccccc2OC)cc1. The number of anilines is 2. The van der Waals surface area contributed by atoms with Crippen LogP contribution < -0.4 is 19.7 Å². The van der Waals surface area contributed by atoms with Crippen LogP contribution in [0.5, 0.6) is 11.5 Å². The van der Waals surface area contributed by atoms with Gasteiger partial charge in [-0.2, -0.15) is 0 Å². The average Bonchev–Trinajstić information content (AvgIpc) is 2.88. The second kappa shape index (κ2) is 10.7. The van der Waals surface area contributed by atoms with Crippen LogP contribution in [0, 0.1) is 5.92 Å². The second-order valence-electron chi connectivity index (χ2n) is 7.98. The maximum atomic E-state index is 13.7. The third-order valence-corrected chi connectivity index (χ3v) is 6.90. The number of para-hydroxylation sites is 2. The van der Waals surface area contributed by atoms with E-state index in [0.717, 1.165) is 16.1 Å². The van der Waals surface area contributed by atoms with Crippen molar-refractivity contribution in [3.63, 3.8) is 0 Å². The number of piperidine rings is 1. The van der Waals surface area contributed by atoms with Gasteiger partial charge in [-0.05, 0) is 55.1 Å². The number of rotatable bonds is 7. The molecule has 1 saturated heterocycles. The second-order valence-corrected chi connectivity index (χ2v) is 8.83. The van der Waals surface area contributed by atoms with Crippen molar-refractivity contribution in [2.45, 2.75) is 23.8 Å². The van der Waals surface area contributed by atoms with Gasteiger partial charge in [-0.1, -0.05) is 30.3 Å². The zero-order chi connectivity index (χ0) is 24.1. The van der Waals surface area contributed by atoms with Crippen LogP contribution in [0.4, 0.5) is 11.4 Å². The van der Waals surface area contributed by atoms with E-state index in [9.17, 15) is 9.59 Å². The van der Waals surface area contributed by atoms with Crippen molar-refractivity contribution in [2.24, 2.45) is 5.92 Å². The highest BCUT2D eigenvalue weighted by Gasteiger charge is 2.42. The quantitative estimate of drug-likeness (QED) is 0.453. The highest BCUT2D eigenvalue weighted by atomic mass is 32.2. The van der Waals surface area contributed by atoms with E-state index in [2.05, 4.69) is 5.32 Å².